The molecule has 0 atom stereocenters. The molecule has 3 aromatic rings. The standard InChI is InChI=1S/C20H18F4N2O/c1-13-18(25-19(27-13)15-4-3-5-17(21)10-15)12-26(2)11-14-6-8-16(9-7-14)20(22,23)24/h3-10H,11-12H2,1-2H3. The molecule has 3 nitrogen and oxygen atoms in total. The molecule has 0 spiro atoms. The van der Waals surface area contributed by atoms with Crippen molar-refractivity contribution in [3.05, 3.63) is 76.9 Å². The molecule has 0 saturated heterocycles. The van der Waals surface area contributed by atoms with Crippen molar-refractivity contribution < 1.29 is 22.0 Å². The Labute approximate surface area is 154 Å². The Bertz CT molecular complexity index is 916. The number of halogens is 4. The maximum atomic E-state index is 13.4. The lowest BCUT2D eigenvalue weighted by Gasteiger charge is -2.16. The zero-order valence-corrected chi connectivity index (χ0v) is 14.8. The van der Waals surface area contributed by atoms with E-state index in [1.807, 2.05) is 11.9 Å². The van der Waals surface area contributed by atoms with Gasteiger partial charge in [0.2, 0.25) is 5.89 Å². The Morgan fingerprint density at radius 1 is 1.04 bits per heavy atom. The van der Waals surface area contributed by atoms with Crippen LogP contribution in [0, 0.1) is 12.7 Å². The van der Waals surface area contributed by atoms with Gasteiger partial charge in [0.25, 0.3) is 0 Å². The SMILES string of the molecule is Cc1oc(-c2cccc(F)c2)nc1CN(C)Cc1ccc(C(F)(F)F)cc1. The zero-order chi connectivity index (χ0) is 19.6. The van der Waals surface area contributed by atoms with E-state index < -0.39 is 11.7 Å². The van der Waals surface area contributed by atoms with Gasteiger partial charge in [-0.25, -0.2) is 9.37 Å². The minimum Gasteiger partial charge on any atom is -0.441 e. The number of rotatable bonds is 5. The highest BCUT2D eigenvalue weighted by molar-refractivity contribution is 5.53. The summed E-state index contributed by atoms with van der Waals surface area (Å²) in [6, 6.07) is 11.1. The van der Waals surface area contributed by atoms with Crippen LogP contribution in [0.25, 0.3) is 11.5 Å². The van der Waals surface area contributed by atoms with Gasteiger partial charge in [0.1, 0.15) is 11.6 Å². The number of benzene rings is 2. The average Bonchev–Trinajstić information content (AvgIpc) is 2.95. The molecule has 7 heteroatoms. The summed E-state index contributed by atoms with van der Waals surface area (Å²) in [5.74, 6) is 0.586. The van der Waals surface area contributed by atoms with E-state index in [2.05, 4.69) is 4.98 Å². The molecule has 1 heterocycles. The Morgan fingerprint density at radius 2 is 1.74 bits per heavy atom. The number of hydrogen-bond donors (Lipinski definition) is 0. The van der Waals surface area contributed by atoms with E-state index >= 15 is 0 Å². The normalized spacial score (nSPS) is 12.0. The highest BCUT2D eigenvalue weighted by atomic mass is 19.4. The van der Waals surface area contributed by atoms with Crippen LogP contribution in [-0.4, -0.2) is 16.9 Å². The third kappa shape index (κ3) is 4.74. The van der Waals surface area contributed by atoms with Crippen LogP contribution in [0.2, 0.25) is 0 Å². The maximum absolute atomic E-state index is 13.4. The van der Waals surface area contributed by atoms with E-state index in [0.29, 0.717) is 36.0 Å². The van der Waals surface area contributed by atoms with Crippen molar-refractivity contribution in [2.45, 2.75) is 26.2 Å². The molecular formula is C20H18F4N2O. The summed E-state index contributed by atoms with van der Waals surface area (Å²) in [5, 5.41) is 0. The molecule has 0 unspecified atom stereocenters. The van der Waals surface area contributed by atoms with Crippen LogP contribution in [0.5, 0.6) is 0 Å². The molecule has 0 amide bonds. The van der Waals surface area contributed by atoms with Crippen LogP contribution in [0.1, 0.15) is 22.6 Å². The fourth-order valence-electron chi connectivity index (χ4n) is 2.74. The summed E-state index contributed by atoms with van der Waals surface area (Å²) < 4.78 is 56.9. The molecule has 0 aliphatic carbocycles. The first-order valence-electron chi connectivity index (χ1n) is 8.29. The molecule has 0 N–H and O–H groups in total. The predicted molar refractivity (Wildman–Crippen MR) is 93.2 cm³/mol. The van der Waals surface area contributed by atoms with Crippen molar-refractivity contribution in [2.24, 2.45) is 0 Å². The zero-order valence-electron chi connectivity index (χ0n) is 14.8. The van der Waals surface area contributed by atoms with Crippen LogP contribution in [0.4, 0.5) is 17.6 Å². The lowest BCUT2D eigenvalue weighted by Crippen LogP contribution is -2.18. The Balaban J connectivity index is 1.68. The maximum Gasteiger partial charge on any atom is 0.416 e. The number of aromatic nitrogens is 1. The molecule has 3 rings (SSSR count). The summed E-state index contributed by atoms with van der Waals surface area (Å²) in [4.78, 5) is 6.34. The summed E-state index contributed by atoms with van der Waals surface area (Å²) >= 11 is 0. The highest BCUT2D eigenvalue weighted by Gasteiger charge is 2.29. The topological polar surface area (TPSA) is 29.3 Å². The van der Waals surface area contributed by atoms with Crippen molar-refractivity contribution in [1.82, 2.24) is 9.88 Å². The van der Waals surface area contributed by atoms with E-state index in [-0.39, 0.29) is 5.82 Å². The van der Waals surface area contributed by atoms with Gasteiger partial charge >= 0.3 is 6.18 Å². The van der Waals surface area contributed by atoms with Crippen molar-refractivity contribution in [1.29, 1.82) is 0 Å². The molecule has 142 valence electrons. The second-order valence-electron chi connectivity index (χ2n) is 6.40. The van der Waals surface area contributed by atoms with Gasteiger partial charge in [0.05, 0.1) is 11.3 Å². The van der Waals surface area contributed by atoms with Crippen LogP contribution >= 0.6 is 0 Å². The van der Waals surface area contributed by atoms with Gasteiger partial charge in [-0.3, -0.25) is 4.90 Å². The molecule has 0 aliphatic heterocycles. The fraction of sp³-hybridized carbons (Fsp3) is 0.250. The molecule has 0 bridgehead atoms. The van der Waals surface area contributed by atoms with E-state index in [1.54, 1.807) is 19.1 Å². The van der Waals surface area contributed by atoms with Crippen LogP contribution in [-0.2, 0) is 19.3 Å². The van der Waals surface area contributed by atoms with Gasteiger partial charge in [-0.1, -0.05) is 18.2 Å². The fourth-order valence-corrected chi connectivity index (χ4v) is 2.74. The lowest BCUT2D eigenvalue weighted by molar-refractivity contribution is -0.137. The molecule has 0 fully saturated rings. The van der Waals surface area contributed by atoms with Gasteiger partial charge in [-0.05, 0) is 49.9 Å². The van der Waals surface area contributed by atoms with Gasteiger partial charge in [-0.15, -0.1) is 0 Å². The van der Waals surface area contributed by atoms with E-state index in [4.69, 9.17) is 4.42 Å². The Morgan fingerprint density at radius 3 is 2.37 bits per heavy atom. The second kappa shape index (κ2) is 7.52. The monoisotopic (exact) mass is 378 g/mol. The molecule has 0 radical (unpaired) electrons. The molecule has 27 heavy (non-hydrogen) atoms. The third-order valence-corrected chi connectivity index (χ3v) is 4.12. The number of aryl methyl sites for hydroxylation is 1. The van der Waals surface area contributed by atoms with Crippen molar-refractivity contribution >= 4 is 0 Å². The van der Waals surface area contributed by atoms with Gasteiger partial charge in [-0.2, -0.15) is 13.2 Å². The number of hydrogen-bond acceptors (Lipinski definition) is 3. The van der Waals surface area contributed by atoms with Crippen molar-refractivity contribution in [3.63, 3.8) is 0 Å². The highest BCUT2D eigenvalue weighted by Crippen LogP contribution is 2.29. The summed E-state index contributed by atoms with van der Waals surface area (Å²) in [7, 11) is 1.84. The van der Waals surface area contributed by atoms with E-state index in [1.165, 1.54) is 24.3 Å². The Hall–Kier alpha value is -2.67. The molecule has 2 aromatic carbocycles. The Kier molecular flexibility index (Phi) is 5.32. The minimum absolute atomic E-state index is 0.338. The third-order valence-electron chi connectivity index (χ3n) is 4.12. The summed E-state index contributed by atoms with van der Waals surface area (Å²) in [6.07, 6.45) is -4.34. The van der Waals surface area contributed by atoms with Gasteiger partial charge < -0.3 is 4.42 Å². The number of oxazole rings is 1. The first-order valence-corrected chi connectivity index (χ1v) is 8.29. The van der Waals surface area contributed by atoms with Gasteiger partial charge in [0.15, 0.2) is 0 Å². The quantitative estimate of drug-likeness (QED) is 0.554. The van der Waals surface area contributed by atoms with Crippen LogP contribution in [0.3, 0.4) is 0 Å². The van der Waals surface area contributed by atoms with Crippen LogP contribution in [0.15, 0.2) is 52.9 Å². The number of alkyl halides is 3. The molecule has 0 aliphatic rings. The predicted octanol–water partition coefficient (Wildman–Crippen LogP) is 5.44. The first kappa shape index (κ1) is 19.1. The smallest absolute Gasteiger partial charge is 0.416 e. The van der Waals surface area contributed by atoms with Crippen molar-refractivity contribution in [3.8, 4) is 11.5 Å². The second-order valence-corrected chi connectivity index (χ2v) is 6.40. The lowest BCUT2D eigenvalue weighted by atomic mass is 10.1. The summed E-state index contributed by atoms with van der Waals surface area (Å²) in [6.45, 7) is 2.68. The summed E-state index contributed by atoms with van der Waals surface area (Å²) in [5.41, 5.74) is 1.34. The molecule has 1 aromatic heterocycles. The molecular weight excluding hydrogens is 360 g/mol. The van der Waals surface area contributed by atoms with Crippen LogP contribution < -0.4 is 0 Å². The number of nitrogens with zero attached hydrogens (tertiary/aromatic N) is 2. The largest absolute Gasteiger partial charge is 0.441 e. The average molecular weight is 378 g/mol. The van der Waals surface area contributed by atoms with E-state index in [0.717, 1.165) is 17.7 Å². The van der Waals surface area contributed by atoms with Crippen molar-refractivity contribution in [2.75, 3.05) is 7.05 Å². The van der Waals surface area contributed by atoms with E-state index in [9.17, 15) is 17.6 Å². The minimum atomic E-state index is -4.34. The molecule has 0 saturated carbocycles. The van der Waals surface area contributed by atoms with Gasteiger partial charge in [0, 0.05) is 18.7 Å². The first-order chi connectivity index (χ1) is 12.7.